The van der Waals surface area contributed by atoms with Crippen LogP contribution in [0.3, 0.4) is 0 Å². The molecule has 0 fully saturated rings. The minimum Gasteiger partial charge on any atom is -0.377 e. The molecule has 4 heteroatoms. The second-order valence-corrected chi connectivity index (χ2v) is 9.02. The average molecular weight is 437 g/mol. The number of alkyl halides is 2. The number of aliphatic hydroxyl groups is 2. The summed E-state index contributed by atoms with van der Waals surface area (Å²) in [7, 11) is 0. The summed E-state index contributed by atoms with van der Waals surface area (Å²) in [6.07, 6.45) is 5.46. The van der Waals surface area contributed by atoms with Gasteiger partial charge < -0.3 is 10.2 Å². The van der Waals surface area contributed by atoms with Crippen molar-refractivity contribution >= 4 is 23.2 Å². The van der Waals surface area contributed by atoms with Crippen LogP contribution in [0.1, 0.15) is 23.1 Å². The van der Waals surface area contributed by atoms with Gasteiger partial charge in [0.25, 0.3) is 0 Å². The smallest absolute Gasteiger partial charge is 0.152 e. The first-order valence-electron chi connectivity index (χ1n) is 9.77. The molecule has 2 nitrogen and oxygen atoms in total. The molecule has 4 rings (SSSR count). The van der Waals surface area contributed by atoms with Crippen molar-refractivity contribution in [2.24, 2.45) is 0 Å². The molecule has 0 radical (unpaired) electrons. The molecule has 0 aliphatic heterocycles. The van der Waals surface area contributed by atoms with Gasteiger partial charge in [-0.25, -0.2) is 0 Å². The molecule has 3 aromatic rings. The number of halogens is 2. The van der Waals surface area contributed by atoms with Gasteiger partial charge in [-0.2, -0.15) is 0 Å². The zero-order chi connectivity index (χ0) is 21.2. The normalized spacial score (nSPS) is 17.8. The molecule has 3 aromatic carbocycles. The predicted octanol–water partition coefficient (Wildman–Crippen LogP) is 5.87. The molecule has 1 atom stereocenters. The van der Waals surface area contributed by atoms with Gasteiger partial charge in [0.05, 0.1) is 0 Å². The van der Waals surface area contributed by atoms with E-state index in [9.17, 15) is 10.2 Å². The van der Waals surface area contributed by atoms with Crippen LogP contribution < -0.4 is 0 Å². The van der Waals surface area contributed by atoms with E-state index >= 15 is 0 Å². The molecule has 0 amide bonds. The number of hydrogen-bond donors (Lipinski definition) is 2. The fraction of sp³-hybridized carbons (Fsp3) is 0.154. The third-order valence-corrected chi connectivity index (χ3v) is 6.18. The molecule has 0 bridgehead atoms. The van der Waals surface area contributed by atoms with Crippen molar-refractivity contribution in [2.45, 2.75) is 22.0 Å². The second kappa shape index (κ2) is 8.05. The van der Waals surface area contributed by atoms with Gasteiger partial charge in [-0.05, 0) is 28.3 Å². The quantitative estimate of drug-likeness (QED) is 0.490. The Morgan fingerprint density at radius 1 is 0.633 bits per heavy atom. The maximum Gasteiger partial charge on any atom is 0.152 e. The highest BCUT2D eigenvalue weighted by atomic mass is 35.5. The van der Waals surface area contributed by atoms with Crippen molar-refractivity contribution in [3.8, 4) is 0 Å². The molecular weight excluding hydrogens is 415 g/mol. The van der Waals surface area contributed by atoms with Crippen LogP contribution in [-0.2, 0) is 11.2 Å². The van der Waals surface area contributed by atoms with Gasteiger partial charge in [-0.3, -0.25) is 0 Å². The zero-order valence-corrected chi connectivity index (χ0v) is 17.8. The highest BCUT2D eigenvalue weighted by Crippen LogP contribution is 2.51. The fourth-order valence-electron chi connectivity index (χ4n) is 4.07. The first-order valence-corrected chi connectivity index (χ1v) is 10.5. The molecule has 0 spiro atoms. The van der Waals surface area contributed by atoms with E-state index in [2.05, 4.69) is 0 Å². The van der Waals surface area contributed by atoms with E-state index in [1.165, 1.54) is 0 Å². The molecule has 0 saturated heterocycles. The van der Waals surface area contributed by atoms with Crippen LogP contribution in [0.4, 0.5) is 0 Å². The third-order valence-electron chi connectivity index (χ3n) is 5.62. The van der Waals surface area contributed by atoms with Crippen molar-refractivity contribution in [1.29, 1.82) is 0 Å². The molecular formula is C26H22Cl2O2. The van der Waals surface area contributed by atoms with Gasteiger partial charge in [-0.1, -0.05) is 126 Å². The summed E-state index contributed by atoms with van der Waals surface area (Å²) >= 11 is 12.5. The van der Waals surface area contributed by atoms with Gasteiger partial charge in [0, 0.05) is 6.42 Å². The number of hydrogen-bond acceptors (Lipinski definition) is 2. The molecule has 0 aromatic heterocycles. The van der Waals surface area contributed by atoms with Crippen LogP contribution >= 0.6 is 23.2 Å². The number of allylic oxidation sites excluding steroid dienone is 2. The second-order valence-electron chi connectivity index (χ2n) is 7.48. The summed E-state index contributed by atoms with van der Waals surface area (Å²) in [5.74, 6) is 0. The van der Waals surface area contributed by atoms with E-state index < -0.39 is 15.5 Å². The molecule has 1 aliphatic carbocycles. The standard InChI is InChI=1S/C26H22Cl2O2/c27-24(28)18-16-23(17-19-24)26(30,22-14-8-3-9-15-22)25(29,20-10-4-1-5-11-20)21-12-6-2-7-13-21/h1-18,29-30H,19H2. The monoisotopic (exact) mass is 436 g/mol. The zero-order valence-electron chi connectivity index (χ0n) is 16.2. The Labute approximate surface area is 186 Å². The lowest BCUT2D eigenvalue weighted by Crippen LogP contribution is -2.51. The topological polar surface area (TPSA) is 40.5 Å². The number of rotatable bonds is 5. The average Bonchev–Trinajstić information content (AvgIpc) is 2.79. The van der Waals surface area contributed by atoms with Gasteiger partial charge in [0.2, 0.25) is 0 Å². The summed E-state index contributed by atoms with van der Waals surface area (Å²) in [6.45, 7) is 0. The van der Waals surface area contributed by atoms with Gasteiger partial charge in [0.15, 0.2) is 11.2 Å². The lowest BCUT2D eigenvalue weighted by Gasteiger charge is -2.46. The van der Waals surface area contributed by atoms with Crippen molar-refractivity contribution < 1.29 is 10.2 Å². The van der Waals surface area contributed by atoms with Crippen molar-refractivity contribution in [3.63, 3.8) is 0 Å². The summed E-state index contributed by atoms with van der Waals surface area (Å²) < 4.78 is -1.04. The van der Waals surface area contributed by atoms with E-state index in [-0.39, 0.29) is 0 Å². The van der Waals surface area contributed by atoms with Gasteiger partial charge in [-0.15, -0.1) is 0 Å². The van der Waals surface area contributed by atoms with Crippen molar-refractivity contribution in [1.82, 2.24) is 0 Å². The molecule has 30 heavy (non-hydrogen) atoms. The van der Waals surface area contributed by atoms with Crippen LogP contribution in [0, 0.1) is 0 Å². The largest absolute Gasteiger partial charge is 0.377 e. The highest BCUT2D eigenvalue weighted by molar-refractivity contribution is 6.50. The van der Waals surface area contributed by atoms with Crippen LogP contribution in [-0.4, -0.2) is 14.5 Å². The van der Waals surface area contributed by atoms with E-state index in [4.69, 9.17) is 23.2 Å². The third kappa shape index (κ3) is 3.51. The molecule has 0 saturated carbocycles. The highest BCUT2D eigenvalue weighted by Gasteiger charge is 2.55. The summed E-state index contributed by atoms with van der Waals surface area (Å²) in [4.78, 5) is 0. The number of benzene rings is 3. The fourth-order valence-corrected chi connectivity index (χ4v) is 4.35. The van der Waals surface area contributed by atoms with Crippen molar-refractivity contribution in [2.75, 3.05) is 0 Å². The Morgan fingerprint density at radius 2 is 1.03 bits per heavy atom. The van der Waals surface area contributed by atoms with Crippen LogP contribution in [0.2, 0.25) is 0 Å². The summed E-state index contributed by atoms with van der Waals surface area (Å²) in [6, 6.07) is 27.6. The molecule has 0 heterocycles. The first kappa shape index (κ1) is 20.9. The Balaban J connectivity index is 2.03. The molecule has 1 aliphatic rings. The van der Waals surface area contributed by atoms with Gasteiger partial charge >= 0.3 is 0 Å². The Bertz CT molecular complexity index is 1020. The van der Waals surface area contributed by atoms with E-state index in [1.807, 2.05) is 91.0 Å². The maximum atomic E-state index is 12.4. The van der Waals surface area contributed by atoms with Crippen LogP contribution in [0.5, 0.6) is 0 Å². The van der Waals surface area contributed by atoms with E-state index in [1.54, 1.807) is 18.2 Å². The molecule has 2 N–H and O–H groups in total. The van der Waals surface area contributed by atoms with Gasteiger partial charge in [0.1, 0.15) is 4.33 Å². The first-order chi connectivity index (χ1) is 14.4. The Morgan fingerprint density at radius 3 is 1.40 bits per heavy atom. The van der Waals surface area contributed by atoms with E-state index in [0.29, 0.717) is 28.7 Å². The lowest BCUT2D eigenvalue weighted by molar-refractivity contribution is -0.113. The molecule has 1 unspecified atom stereocenters. The summed E-state index contributed by atoms with van der Waals surface area (Å²) in [5.41, 5.74) is -1.33. The Kier molecular flexibility index (Phi) is 5.61. The minimum atomic E-state index is -1.79. The minimum absolute atomic E-state index is 0.316. The molecule has 152 valence electrons. The summed E-state index contributed by atoms with van der Waals surface area (Å²) in [5, 5.41) is 24.9. The SMILES string of the molecule is OC(C1=CCC(Cl)(Cl)C=C1)(c1ccccc1)C(O)(c1ccccc1)c1ccccc1. The predicted molar refractivity (Wildman–Crippen MR) is 122 cm³/mol. The van der Waals surface area contributed by atoms with Crippen molar-refractivity contribution in [3.05, 3.63) is 131 Å². The van der Waals surface area contributed by atoms with E-state index in [0.717, 1.165) is 0 Å². The maximum absolute atomic E-state index is 12.4. The lowest BCUT2D eigenvalue weighted by atomic mass is 9.65. The van der Waals surface area contributed by atoms with Crippen LogP contribution in [0.15, 0.2) is 115 Å². The van der Waals surface area contributed by atoms with Crippen LogP contribution in [0.25, 0.3) is 0 Å². The Hall–Kier alpha value is -2.36.